The Labute approximate surface area is 166 Å². The van der Waals surface area contributed by atoms with Gasteiger partial charge < -0.3 is 19.3 Å². The van der Waals surface area contributed by atoms with Crippen molar-refractivity contribution in [2.45, 2.75) is 44.9 Å². The molecule has 3 aromatic rings. The molecular weight excluding hydrogens is 348 g/mol. The lowest BCUT2D eigenvalue weighted by atomic mass is 9.89. The van der Waals surface area contributed by atoms with Crippen LogP contribution in [0.15, 0.2) is 48.5 Å². The smallest absolute Gasteiger partial charge is 0.137 e. The van der Waals surface area contributed by atoms with Crippen molar-refractivity contribution in [2.75, 3.05) is 19.7 Å². The summed E-state index contributed by atoms with van der Waals surface area (Å²) in [5, 5.41) is 12.1. The van der Waals surface area contributed by atoms with Crippen LogP contribution in [0.3, 0.4) is 0 Å². The fraction of sp³-hybridized carbons (Fsp3) is 0.417. The van der Waals surface area contributed by atoms with Crippen molar-refractivity contribution in [1.82, 2.24) is 4.57 Å². The van der Waals surface area contributed by atoms with Gasteiger partial charge >= 0.3 is 0 Å². The number of benzene rings is 2. The Morgan fingerprint density at radius 2 is 2.07 bits per heavy atom. The monoisotopic (exact) mass is 377 g/mol. The summed E-state index contributed by atoms with van der Waals surface area (Å²) in [6, 6.07) is 17.2. The van der Waals surface area contributed by atoms with E-state index in [1.807, 2.05) is 30.3 Å². The largest absolute Gasteiger partial charge is 0.491 e. The van der Waals surface area contributed by atoms with E-state index in [2.05, 4.69) is 29.7 Å². The van der Waals surface area contributed by atoms with Crippen LogP contribution >= 0.6 is 0 Å². The molecule has 2 aliphatic rings. The second-order valence-corrected chi connectivity index (χ2v) is 8.37. The van der Waals surface area contributed by atoms with Gasteiger partial charge in [0.05, 0.1) is 18.8 Å². The maximum atomic E-state index is 10.6. The maximum absolute atomic E-state index is 10.6. The minimum atomic E-state index is -0.446. The molecule has 4 heteroatoms. The molecule has 2 N–H and O–H groups in total. The molecule has 1 aromatic heterocycles. The third-order valence-corrected chi connectivity index (χ3v) is 6.45. The van der Waals surface area contributed by atoms with Gasteiger partial charge in [-0.15, -0.1) is 0 Å². The molecular formula is C24H29N2O2+. The minimum Gasteiger partial charge on any atom is -0.491 e. The summed E-state index contributed by atoms with van der Waals surface area (Å²) in [5.74, 6) is 0.825. The van der Waals surface area contributed by atoms with Crippen LogP contribution in [0.1, 0.15) is 35.7 Å². The van der Waals surface area contributed by atoms with Gasteiger partial charge in [-0.3, -0.25) is 0 Å². The Morgan fingerprint density at radius 1 is 1.21 bits per heavy atom. The van der Waals surface area contributed by atoms with Crippen LogP contribution < -0.4 is 9.64 Å². The van der Waals surface area contributed by atoms with E-state index in [1.54, 1.807) is 5.56 Å². The standard InChI is InChI=1S/C24H28N2O2/c1-17-10-11-22-21(14-17)20-8-5-9-23-24(20)26(22)13-12-25(23)15-18(27)16-28-19-6-3-2-4-7-19/h2-4,6-7,10-11,14,18,23,27H,5,8-9,12-13,15-16H2,1H3/p+1/t18-,23+/m1/s1. The summed E-state index contributed by atoms with van der Waals surface area (Å²) in [6.07, 6.45) is 3.19. The van der Waals surface area contributed by atoms with E-state index < -0.39 is 6.10 Å². The Kier molecular flexibility index (Phi) is 4.61. The molecule has 0 saturated carbocycles. The fourth-order valence-corrected chi connectivity index (χ4v) is 5.22. The maximum Gasteiger partial charge on any atom is 0.137 e. The fourth-order valence-electron chi connectivity index (χ4n) is 5.22. The van der Waals surface area contributed by atoms with Crippen LogP contribution in [0, 0.1) is 6.92 Å². The zero-order valence-corrected chi connectivity index (χ0v) is 16.5. The van der Waals surface area contributed by atoms with Gasteiger partial charge in [0.25, 0.3) is 0 Å². The summed E-state index contributed by atoms with van der Waals surface area (Å²) in [4.78, 5) is 1.51. The summed E-state index contributed by atoms with van der Waals surface area (Å²) in [7, 11) is 0. The van der Waals surface area contributed by atoms with Gasteiger partial charge in [-0.05, 0) is 49.6 Å². The van der Waals surface area contributed by atoms with Crippen molar-refractivity contribution in [2.24, 2.45) is 0 Å². The van der Waals surface area contributed by atoms with Gasteiger partial charge in [-0.2, -0.15) is 0 Å². The van der Waals surface area contributed by atoms with Crippen molar-refractivity contribution in [1.29, 1.82) is 0 Å². The SMILES string of the molecule is Cc1ccc2c(c1)c1c3n2CC[NH+](C[C@@H](O)COc2ccccc2)[C@H]3CCC1. The molecule has 1 aliphatic heterocycles. The molecule has 28 heavy (non-hydrogen) atoms. The van der Waals surface area contributed by atoms with E-state index >= 15 is 0 Å². The van der Waals surface area contributed by atoms with Crippen molar-refractivity contribution in [3.63, 3.8) is 0 Å². The van der Waals surface area contributed by atoms with Crippen LogP contribution in [-0.2, 0) is 13.0 Å². The average molecular weight is 378 g/mol. The number of aliphatic hydroxyl groups excluding tert-OH is 1. The van der Waals surface area contributed by atoms with Crippen molar-refractivity contribution >= 4 is 10.9 Å². The van der Waals surface area contributed by atoms with Crippen LogP contribution in [-0.4, -0.2) is 35.5 Å². The van der Waals surface area contributed by atoms with Crippen molar-refractivity contribution < 1.29 is 14.7 Å². The molecule has 0 amide bonds. The Hall–Kier alpha value is -2.30. The lowest BCUT2D eigenvalue weighted by molar-refractivity contribution is -0.939. The molecule has 146 valence electrons. The number of aryl methyl sites for hydroxylation is 2. The normalized spacial score (nSPS) is 22.1. The van der Waals surface area contributed by atoms with Crippen LogP contribution in [0.5, 0.6) is 5.75 Å². The highest BCUT2D eigenvalue weighted by atomic mass is 16.5. The number of hydrogen-bond donors (Lipinski definition) is 2. The molecule has 3 atom stereocenters. The Balaban J connectivity index is 1.36. The highest BCUT2D eigenvalue weighted by Gasteiger charge is 2.38. The van der Waals surface area contributed by atoms with Gasteiger partial charge in [0.2, 0.25) is 0 Å². The molecule has 5 rings (SSSR count). The Morgan fingerprint density at radius 3 is 2.93 bits per heavy atom. The predicted molar refractivity (Wildman–Crippen MR) is 111 cm³/mol. The summed E-state index contributed by atoms with van der Waals surface area (Å²) in [6.45, 7) is 5.39. The lowest BCUT2D eigenvalue weighted by Crippen LogP contribution is -3.14. The molecule has 0 saturated heterocycles. The molecule has 4 nitrogen and oxygen atoms in total. The van der Waals surface area contributed by atoms with Gasteiger partial charge in [0.15, 0.2) is 0 Å². The van der Waals surface area contributed by atoms with Crippen LogP contribution in [0.2, 0.25) is 0 Å². The van der Waals surface area contributed by atoms with E-state index in [-0.39, 0.29) is 0 Å². The zero-order valence-electron chi connectivity index (χ0n) is 16.5. The first-order valence-electron chi connectivity index (χ1n) is 10.5. The number of quaternary nitrogens is 1. The topological polar surface area (TPSA) is 38.8 Å². The number of fused-ring (bicyclic) bond motifs is 3. The van der Waals surface area contributed by atoms with Crippen LogP contribution in [0.25, 0.3) is 10.9 Å². The number of nitrogens with zero attached hydrogens (tertiary/aromatic N) is 1. The Bertz CT molecular complexity index is 979. The number of para-hydroxylation sites is 1. The molecule has 1 unspecified atom stereocenters. The molecule has 2 aromatic carbocycles. The second-order valence-electron chi connectivity index (χ2n) is 8.37. The number of nitrogens with one attached hydrogen (secondary N) is 1. The van der Waals surface area contributed by atoms with Gasteiger partial charge in [0, 0.05) is 17.3 Å². The summed E-state index contributed by atoms with van der Waals surface area (Å²) >= 11 is 0. The molecule has 0 bridgehead atoms. The molecule has 0 spiro atoms. The van der Waals surface area contributed by atoms with Crippen molar-refractivity contribution in [3.8, 4) is 5.75 Å². The van der Waals surface area contributed by atoms with Gasteiger partial charge in [0.1, 0.15) is 31.0 Å². The first-order chi connectivity index (χ1) is 13.7. The predicted octanol–water partition coefficient (Wildman–Crippen LogP) is 2.67. The van der Waals surface area contributed by atoms with Gasteiger partial charge in [-0.25, -0.2) is 0 Å². The summed E-state index contributed by atoms with van der Waals surface area (Å²) < 4.78 is 8.34. The summed E-state index contributed by atoms with van der Waals surface area (Å²) in [5.41, 5.74) is 5.83. The van der Waals surface area contributed by atoms with Gasteiger partial charge in [-0.1, -0.05) is 29.8 Å². The van der Waals surface area contributed by atoms with E-state index in [1.165, 1.54) is 46.3 Å². The highest BCUT2D eigenvalue weighted by molar-refractivity contribution is 5.86. The molecule has 2 heterocycles. The number of aliphatic hydroxyl groups is 1. The molecule has 0 fully saturated rings. The minimum absolute atomic E-state index is 0.356. The lowest BCUT2D eigenvalue weighted by Gasteiger charge is -2.37. The highest BCUT2D eigenvalue weighted by Crippen LogP contribution is 2.37. The van der Waals surface area contributed by atoms with E-state index in [0.29, 0.717) is 12.6 Å². The van der Waals surface area contributed by atoms with Crippen LogP contribution in [0.4, 0.5) is 0 Å². The third kappa shape index (κ3) is 3.11. The number of rotatable bonds is 5. The van der Waals surface area contributed by atoms with E-state index in [0.717, 1.165) is 25.4 Å². The molecule has 1 aliphatic carbocycles. The second kappa shape index (κ2) is 7.26. The number of aromatic nitrogens is 1. The number of hydrogen-bond acceptors (Lipinski definition) is 2. The zero-order chi connectivity index (χ0) is 19.1. The number of ether oxygens (including phenoxy) is 1. The van der Waals surface area contributed by atoms with Crippen molar-refractivity contribution in [3.05, 3.63) is 65.4 Å². The average Bonchev–Trinajstić information content (AvgIpc) is 3.04. The molecule has 0 radical (unpaired) electrons. The first kappa shape index (κ1) is 17.8. The van der Waals surface area contributed by atoms with E-state index in [4.69, 9.17) is 4.74 Å². The quantitative estimate of drug-likeness (QED) is 0.718. The third-order valence-electron chi connectivity index (χ3n) is 6.45. The van der Waals surface area contributed by atoms with E-state index in [9.17, 15) is 5.11 Å². The first-order valence-corrected chi connectivity index (χ1v) is 10.5.